The van der Waals surface area contributed by atoms with Crippen LogP contribution >= 0.6 is 11.6 Å². The molecule has 26 heavy (non-hydrogen) atoms. The van der Waals surface area contributed by atoms with E-state index in [1.165, 1.54) is 83.7 Å². The molecule has 3 heterocycles. The Labute approximate surface area is 163 Å². The summed E-state index contributed by atoms with van der Waals surface area (Å²) in [4.78, 5) is 10.5. The van der Waals surface area contributed by atoms with Gasteiger partial charge in [-0.3, -0.25) is 14.7 Å². The summed E-state index contributed by atoms with van der Waals surface area (Å²) in [5.74, 6) is 0. The van der Waals surface area contributed by atoms with E-state index in [2.05, 4.69) is 37.8 Å². The van der Waals surface area contributed by atoms with Crippen LogP contribution in [0.2, 0.25) is 5.02 Å². The van der Waals surface area contributed by atoms with Gasteiger partial charge in [0.15, 0.2) is 0 Å². The van der Waals surface area contributed by atoms with E-state index in [1.54, 1.807) is 0 Å². The maximum absolute atomic E-state index is 6.13. The van der Waals surface area contributed by atoms with Gasteiger partial charge < -0.3 is 4.90 Å². The summed E-state index contributed by atoms with van der Waals surface area (Å²) in [6.45, 7) is 11.0. The van der Waals surface area contributed by atoms with Crippen molar-refractivity contribution in [3.8, 4) is 0 Å². The minimum Gasteiger partial charge on any atom is -0.369 e. The zero-order chi connectivity index (χ0) is 17.8. The van der Waals surface area contributed by atoms with E-state index in [0.29, 0.717) is 0 Å². The highest BCUT2D eigenvalue weighted by atomic mass is 35.5. The Kier molecular flexibility index (Phi) is 6.36. The topological polar surface area (TPSA) is 13.0 Å². The van der Waals surface area contributed by atoms with Gasteiger partial charge in [0.05, 0.1) is 6.67 Å². The molecule has 1 atom stereocenters. The molecule has 0 aromatic heterocycles. The average Bonchev–Trinajstić information content (AvgIpc) is 3.09. The number of fused-ring (bicyclic) bond motifs is 1. The van der Waals surface area contributed by atoms with Gasteiger partial charge in [0.2, 0.25) is 0 Å². The predicted molar refractivity (Wildman–Crippen MR) is 110 cm³/mol. The maximum Gasteiger partial charge on any atom is 0.0510 e. The third kappa shape index (κ3) is 4.72. The van der Waals surface area contributed by atoms with Gasteiger partial charge in [0.1, 0.15) is 0 Å². The molecular weight excluding hydrogens is 344 g/mol. The lowest BCUT2D eigenvalue weighted by Gasteiger charge is -2.36. The molecule has 1 aromatic rings. The summed E-state index contributed by atoms with van der Waals surface area (Å²) in [6, 6.07) is 9.12. The van der Waals surface area contributed by atoms with Crippen LogP contribution in [0, 0.1) is 0 Å². The minimum absolute atomic E-state index is 0.836. The van der Waals surface area contributed by atoms with Gasteiger partial charge in [-0.15, -0.1) is 0 Å². The number of hydrogen-bond donors (Lipinski definition) is 0. The molecule has 3 fully saturated rings. The van der Waals surface area contributed by atoms with Gasteiger partial charge in [-0.1, -0.05) is 24.1 Å². The molecular formula is C21H33ClN4. The van der Waals surface area contributed by atoms with Gasteiger partial charge >= 0.3 is 0 Å². The standard InChI is InChI=1S/C21H33ClN4/c22-19-6-5-8-20(16-19)25-14-12-23(13-15-25)9-3-4-10-24-17-21-7-1-2-11-26(21)18-24/h5-6,8,16,21H,1-4,7,9-15,17-18H2. The predicted octanol–water partition coefficient (Wildman–Crippen LogP) is 3.37. The first-order valence-corrected chi connectivity index (χ1v) is 10.8. The second-order valence-electron chi connectivity index (χ2n) is 8.20. The highest BCUT2D eigenvalue weighted by Crippen LogP contribution is 2.24. The molecule has 0 aliphatic carbocycles. The Morgan fingerprint density at radius 2 is 1.73 bits per heavy atom. The smallest absolute Gasteiger partial charge is 0.0510 e. The van der Waals surface area contributed by atoms with Crippen LogP contribution in [-0.2, 0) is 0 Å². The molecule has 4 rings (SSSR count). The SMILES string of the molecule is Clc1cccc(N2CCN(CCCCN3CC4CCCCN4C3)CC2)c1. The number of anilines is 1. The summed E-state index contributed by atoms with van der Waals surface area (Å²) < 4.78 is 0. The van der Waals surface area contributed by atoms with Crippen molar-refractivity contribution >= 4 is 17.3 Å². The summed E-state index contributed by atoms with van der Waals surface area (Å²) in [5.41, 5.74) is 1.27. The van der Waals surface area contributed by atoms with Crippen LogP contribution in [0.5, 0.6) is 0 Å². The number of hydrogen-bond acceptors (Lipinski definition) is 4. The number of piperazine rings is 1. The Morgan fingerprint density at radius 3 is 2.50 bits per heavy atom. The van der Waals surface area contributed by atoms with Gasteiger partial charge in [0.25, 0.3) is 0 Å². The average molecular weight is 377 g/mol. The van der Waals surface area contributed by atoms with Crippen molar-refractivity contribution in [1.82, 2.24) is 14.7 Å². The van der Waals surface area contributed by atoms with Crippen molar-refractivity contribution in [3.63, 3.8) is 0 Å². The molecule has 1 unspecified atom stereocenters. The Bertz CT molecular complexity index is 559. The lowest BCUT2D eigenvalue weighted by Crippen LogP contribution is -2.46. The summed E-state index contributed by atoms with van der Waals surface area (Å²) in [5, 5.41) is 0.836. The number of piperidine rings is 1. The zero-order valence-electron chi connectivity index (χ0n) is 16.0. The minimum atomic E-state index is 0.836. The number of rotatable bonds is 6. The van der Waals surface area contributed by atoms with E-state index >= 15 is 0 Å². The van der Waals surface area contributed by atoms with E-state index < -0.39 is 0 Å². The molecule has 5 heteroatoms. The van der Waals surface area contributed by atoms with E-state index in [9.17, 15) is 0 Å². The van der Waals surface area contributed by atoms with Gasteiger partial charge in [-0.05, 0) is 63.5 Å². The second-order valence-corrected chi connectivity index (χ2v) is 8.63. The normalized spacial score (nSPS) is 25.6. The molecule has 144 valence electrons. The van der Waals surface area contributed by atoms with Crippen LogP contribution in [0.25, 0.3) is 0 Å². The third-order valence-corrected chi connectivity index (χ3v) is 6.58. The largest absolute Gasteiger partial charge is 0.369 e. The van der Waals surface area contributed by atoms with Crippen molar-refractivity contribution in [1.29, 1.82) is 0 Å². The summed E-state index contributed by atoms with van der Waals surface area (Å²) in [6.07, 6.45) is 6.95. The second kappa shape index (κ2) is 8.92. The highest BCUT2D eigenvalue weighted by Gasteiger charge is 2.31. The van der Waals surface area contributed by atoms with Gasteiger partial charge in [0, 0.05) is 49.5 Å². The first-order valence-electron chi connectivity index (χ1n) is 10.5. The fraction of sp³-hybridized carbons (Fsp3) is 0.714. The Balaban J connectivity index is 1.11. The number of benzene rings is 1. The molecule has 0 bridgehead atoms. The van der Waals surface area contributed by atoms with Crippen LogP contribution in [-0.4, -0.2) is 79.8 Å². The monoisotopic (exact) mass is 376 g/mol. The van der Waals surface area contributed by atoms with E-state index in [-0.39, 0.29) is 0 Å². The maximum atomic E-state index is 6.13. The quantitative estimate of drug-likeness (QED) is 0.705. The van der Waals surface area contributed by atoms with E-state index in [1.807, 2.05) is 6.07 Å². The van der Waals surface area contributed by atoms with E-state index in [4.69, 9.17) is 11.6 Å². The molecule has 0 N–H and O–H groups in total. The molecule has 3 aliphatic heterocycles. The molecule has 0 spiro atoms. The van der Waals surface area contributed by atoms with Crippen LogP contribution < -0.4 is 4.90 Å². The third-order valence-electron chi connectivity index (χ3n) is 6.34. The van der Waals surface area contributed by atoms with Crippen LogP contribution in [0.1, 0.15) is 32.1 Å². The van der Waals surface area contributed by atoms with Crippen LogP contribution in [0.3, 0.4) is 0 Å². The first-order chi connectivity index (χ1) is 12.8. The molecule has 4 nitrogen and oxygen atoms in total. The van der Waals surface area contributed by atoms with Crippen LogP contribution in [0.4, 0.5) is 5.69 Å². The molecule has 3 aliphatic rings. The molecule has 0 saturated carbocycles. The fourth-order valence-corrected chi connectivity index (χ4v) is 4.99. The lowest BCUT2D eigenvalue weighted by molar-refractivity contribution is 0.183. The molecule has 1 aromatic carbocycles. The van der Waals surface area contributed by atoms with Gasteiger partial charge in [-0.2, -0.15) is 0 Å². The van der Waals surface area contributed by atoms with Crippen molar-refractivity contribution < 1.29 is 0 Å². The number of nitrogens with zero attached hydrogens (tertiary/aromatic N) is 4. The highest BCUT2D eigenvalue weighted by molar-refractivity contribution is 6.30. The van der Waals surface area contributed by atoms with Crippen LogP contribution in [0.15, 0.2) is 24.3 Å². The van der Waals surface area contributed by atoms with E-state index in [0.717, 1.165) is 24.2 Å². The van der Waals surface area contributed by atoms with Crippen molar-refractivity contribution in [3.05, 3.63) is 29.3 Å². The summed E-state index contributed by atoms with van der Waals surface area (Å²) >= 11 is 6.13. The number of halogens is 1. The van der Waals surface area contributed by atoms with Crippen molar-refractivity contribution in [2.75, 3.05) is 63.9 Å². The molecule has 0 radical (unpaired) electrons. The van der Waals surface area contributed by atoms with Crippen molar-refractivity contribution in [2.24, 2.45) is 0 Å². The fourth-order valence-electron chi connectivity index (χ4n) is 4.80. The first kappa shape index (κ1) is 18.5. The zero-order valence-corrected chi connectivity index (χ0v) is 16.7. The number of unbranched alkanes of at least 4 members (excludes halogenated alkanes) is 1. The Morgan fingerprint density at radius 1 is 0.923 bits per heavy atom. The molecule has 0 amide bonds. The lowest BCUT2D eigenvalue weighted by atomic mass is 10.0. The van der Waals surface area contributed by atoms with Crippen molar-refractivity contribution in [2.45, 2.75) is 38.1 Å². The Hall–Kier alpha value is -0.810. The molecule has 3 saturated heterocycles. The van der Waals surface area contributed by atoms with Gasteiger partial charge in [-0.25, -0.2) is 0 Å². The summed E-state index contributed by atoms with van der Waals surface area (Å²) in [7, 11) is 0.